The number of carbonyl (C=O) groups excluding carboxylic acids is 1. The highest BCUT2D eigenvalue weighted by atomic mass is 16.3. The molecule has 3 aromatic rings. The van der Waals surface area contributed by atoms with Crippen LogP contribution in [0.5, 0.6) is 0 Å². The Morgan fingerprint density at radius 1 is 1.10 bits per heavy atom. The van der Waals surface area contributed by atoms with Crippen molar-refractivity contribution in [2.75, 3.05) is 14.1 Å². The summed E-state index contributed by atoms with van der Waals surface area (Å²) in [5.74, 6) is 0.137. The van der Waals surface area contributed by atoms with Crippen molar-refractivity contribution < 1.29 is 9.21 Å². The summed E-state index contributed by atoms with van der Waals surface area (Å²) in [5.41, 5.74) is 4.34. The van der Waals surface area contributed by atoms with Crippen LogP contribution in [0.3, 0.4) is 0 Å². The molecule has 0 fully saturated rings. The van der Waals surface area contributed by atoms with Crippen molar-refractivity contribution in [3.05, 3.63) is 47.7 Å². The fraction of sp³-hybridized carbons (Fsp3) is 0.188. The van der Waals surface area contributed by atoms with Gasteiger partial charge >= 0.3 is 5.91 Å². The van der Waals surface area contributed by atoms with E-state index in [2.05, 4.69) is 5.43 Å². The number of fused-ring (bicyclic) bond motifs is 3. The van der Waals surface area contributed by atoms with Crippen LogP contribution in [-0.2, 0) is 0 Å². The molecule has 0 unspecified atom stereocenters. The molecular formula is C16H16N2O2. The molecular weight excluding hydrogens is 252 g/mol. The van der Waals surface area contributed by atoms with Crippen molar-refractivity contribution in [3.8, 4) is 0 Å². The molecule has 0 saturated heterocycles. The van der Waals surface area contributed by atoms with Crippen molar-refractivity contribution in [1.82, 2.24) is 10.4 Å². The molecule has 1 heterocycles. The van der Waals surface area contributed by atoms with E-state index in [0.29, 0.717) is 5.76 Å². The Kier molecular flexibility index (Phi) is 2.95. The summed E-state index contributed by atoms with van der Waals surface area (Å²) in [6.45, 7) is 1.91. The Labute approximate surface area is 116 Å². The zero-order valence-corrected chi connectivity index (χ0v) is 11.7. The predicted octanol–water partition coefficient (Wildman–Crippen LogP) is 3.10. The van der Waals surface area contributed by atoms with E-state index in [1.54, 1.807) is 19.1 Å². The van der Waals surface area contributed by atoms with Gasteiger partial charge in [0.1, 0.15) is 5.58 Å². The lowest BCUT2D eigenvalue weighted by atomic mass is 10.1. The first kappa shape index (κ1) is 12.7. The standard InChI is InChI=1S/C16H16N2O2/c1-10-12-9-8-11-6-4-5-7-13(11)15(12)20-14(10)16(19)17-18(2)3/h4-9H,1-3H3,(H,17,19). The maximum absolute atomic E-state index is 12.1. The van der Waals surface area contributed by atoms with Crippen molar-refractivity contribution in [2.45, 2.75) is 6.92 Å². The molecule has 1 N–H and O–H groups in total. The molecule has 20 heavy (non-hydrogen) atoms. The first-order valence-electron chi connectivity index (χ1n) is 6.47. The molecule has 1 aromatic heterocycles. The first-order valence-corrected chi connectivity index (χ1v) is 6.47. The van der Waals surface area contributed by atoms with Gasteiger partial charge in [-0.15, -0.1) is 0 Å². The number of hydrogen-bond acceptors (Lipinski definition) is 3. The van der Waals surface area contributed by atoms with Crippen LogP contribution >= 0.6 is 0 Å². The van der Waals surface area contributed by atoms with Gasteiger partial charge in [-0.3, -0.25) is 10.2 Å². The Bertz CT molecular complexity index is 803. The van der Waals surface area contributed by atoms with Gasteiger partial charge < -0.3 is 4.42 Å². The number of carbonyl (C=O) groups is 1. The van der Waals surface area contributed by atoms with Crippen LogP contribution < -0.4 is 5.43 Å². The number of furan rings is 1. The molecule has 4 heteroatoms. The molecule has 3 rings (SSSR count). The lowest BCUT2D eigenvalue weighted by Gasteiger charge is -2.10. The molecule has 0 aliphatic carbocycles. The third kappa shape index (κ3) is 1.94. The lowest BCUT2D eigenvalue weighted by Crippen LogP contribution is -2.36. The van der Waals surface area contributed by atoms with Gasteiger partial charge in [-0.2, -0.15) is 0 Å². The maximum Gasteiger partial charge on any atom is 0.301 e. The highest BCUT2D eigenvalue weighted by Gasteiger charge is 2.19. The Hall–Kier alpha value is -2.33. The van der Waals surface area contributed by atoms with Crippen LogP contribution in [-0.4, -0.2) is 25.0 Å². The molecule has 0 spiro atoms. The van der Waals surface area contributed by atoms with Gasteiger partial charge in [-0.1, -0.05) is 36.4 Å². The molecule has 0 bridgehead atoms. The molecule has 0 aliphatic heterocycles. The topological polar surface area (TPSA) is 45.5 Å². The van der Waals surface area contributed by atoms with Crippen molar-refractivity contribution in [2.24, 2.45) is 0 Å². The van der Waals surface area contributed by atoms with Gasteiger partial charge in [0.15, 0.2) is 5.76 Å². The number of nitrogens with zero attached hydrogens (tertiary/aromatic N) is 1. The minimum Gasteiger partial charge on any atom is -0.450 e. The van der Waals surface area contributed by atoms with Gasteiger partial charge in [0.05, 0.1) is 0 Å². The van der Waals surface area contributed by atoms with Crippen molar-refractivity contribution in [3.63, 3.8) is 0 Å². The summed E-state index contributed by atoms with van der Waals surface area (Å²) in [6, 6.07) is 12.1. The highest BCUT2D eigenvalue weighted by Crippen LogP contribution is 2.31. The van der Waals surface area contributed by atoms with Crippen LogP contribution in [0.2, 0.25) is 0 Å². The van der Waals surface area contributed by atoms with Gasteiger partial charge in [-0.05, 0) is 12.3 Å². The van der Waals surface area contributed by atoms with Crippen LogP contribution in [0.25, 0.3) is 21.7 Å². The fourth-order valence-corrected chi connectivity index (χ4v) is 2.42. The number of rotatable bonds is 2. The lowest BCUT2D eigenvalue weighted by molar-refractivity contribution is 0.0829. The minimum absolute atomic E-state index is 0.229. The van der Waals surface area contributed by atoms with Gasteiger partial charge in [0.25, 0.3) is 0 Å². The molecule has 102 valence electrons. The quantitative estimate of drug-likeness (QED) is 0.726. The minimum atomic E-state index is -0.229. The zero-order valence-electron chi connectivity index (χ0n) is 11.7. The Morgan fingerprint density at radius 2 is 1.85 bits per heavy atom. The van der Waals surface area contributed by atoms with E-state index in [-0.39, 0.29) is 5.91 Å². The molecule has 0 aliphatic rings. The van der Waals surface area contributed by atoms with Crippen LogP contribution in [0.15, 0.2) is 40.8 Å². The van der Waals surface area contributed by atoms with E-state index in [0.717, 1.165) is 27.3 Å². The van der Waals surface area contributed by atoms with E-state index in [4.69, 9.17) is 4.42 Å². The van der Waals surface area contributed by atoms with Crippen LogP contribution in [0.4, 0.5) is 0 Å². The second-order valence-electron chi connectivity index (χ2n) is 5.05. The third-order valence-electron chi connectivity index (χ3n) is 3.36. The van der Waals surface area contributed by atoms with Gasteiger partial charge in [-0.25, -0.2) is 5.01 Å². The number of amides is 1. The van der Waals surface area contributed by atoms with Gasteiger partial charge in [0.2, 0.25) is 0 Å². The van der Waals surface area contributed by atoms with E-state index < -0.39 is 0 Å². The van der Waals surface area contributed by atoms with E-state index in [9.17, 15) is 4.79 Å². The summed E-state index contributed by atoms with van der Waals surface area (Å²) in [7, 11) is 3.54. The maximum atomic E-state index is 12.1. The Balaban J connectivity index is 2.23. The Morgan fingerprint density at radius 3 is 2.60 bits per heavy atom. The molecule has 1 amide bonds. The monoisotopic (exact) mass is 268 g/mol. The normalized spacial score (nSPS) is 11.4. The van der Waals surface area contributed by atoms with E-state index in [1.807, 2.05) is 43.3 Å². The van der Waals surface area contributed by atoms with Gasteiger partial charge in [0, 0.05) is 30.4 Å². The molecule has 0 saturated carbocycles. The molecule has 0 atom stereocenters. The first-order chi connectivity index (χ1) is 9.58. The number of hydrogen-bond donors (Lipinski definition) is 1. The molecule has 2 aromatic carbocycles. The average Bonchev–Trinajstić information content (AvgIpc) is 2.76. The summed E-state index contributed by atoms with van der Waals surface area (Å²) < 4.78 is 5.84. The summed E-state index contributed by atoms with van der Waals surface area (Å²) in [5, 5.41) is 4.71. The fourth-order valence-electron chi connectivity index (χ4n) is 2.42. The summed E-state index contributed by atoms with van der Waals surface area (Å²) >= 11 is 0. The highest BCUT2D eigenvalue weighted by molar-refractivity contribution is 6.08. The number of aryl methyl sites for hydroxylation is 1. The second kappa shape index (κ2) is 4.65. The van der Waals surface area contributed by atoms with Crippen LogP contribution in [0.1, 0.15) is 16.1 Å². The zero-order chi connectivity index (χ0) is 14.3. The number of benzene rings is 2. The molecule has 0 radical (unpaired) electrons. The second-order valence-corrected chi connectivity index (χ2v) is 5.05. The van der Waals surface area contributed by atoms with E-state index in [1.165, 1.54) is 0 Å². The third-order valence-corrected chi connectivity index (χ3v) is 3.36. The summed E-state index contributed by atoms with van der Waals surface area (Å²) in [6.07, 6.45) is 0. The predicted molar refractivity (Wildman–Crippen MR) is 79.6 cm³/mol. The molecule has 4 nitrogen and oxygen atoms in total. The number of hydrazine groups is 1. The summed E-state index contributed by atoms with van der Waals surface area (Å²) in [4.78, 5) is 12.1. The van der Waals surface area contributed by atoms with E-state index >= 15 is 0 Å². The van der Waals surface area contributed by atoms with Crippen molar-refractivity contribution >= 4 is 27.6 Å². The smallest absolute Gasteiger partial charge is 0.301 e. The van der Waals surface area contributed by atoms with Crippen LogP contribution in [0, 0.1) is 6.92 Å². The van der Waals surface area contributed by atoms with Crippen molar-refractivity contribution in [1.29, 1.82) is 0 Å². The SMILES string of the molecule is Cc1c(C(=O)NN(C)C)oc2c1ccc1ccccc12. The number of nitrogens with one attached hydrogen (secondary N) is 1. The largest absolute Gasteiger partial charge is 0.450 e. The average molecular weight is 268 g/mol.